The summed E-state index contributed by atoms with van der Waals surface area (Å²) in [4.78, 5) is 19.8. The van der Waals surface area contributed by atoms with Crippen molar-refractivity contribution in [3.63, 3.8) is 0 Å². The Morgan fingerprint density at radius 3 is 2.25 bits per heavy atom. The second-order valence-corrected chi connectivity index (χ2v) is 8.12. The maximum atomic E-state index is 14.2. The average Bonchev–Trinajstić information content (AvgIpc) is 3.11. The number of carbonyl (C=O) groups excluding carboxylic acids is 1. The lowest BCUT2D eigenvalue weighted by atomic mass is 9.77. The van der Waals surface area contributed by atoms with Crippen molar-refractivity contribution >= 4 is 34.8 Å². The molecule has 0 aliphatic carbocycles. The van der Waals surface area contributed by atoms with E-state index >= 15 is 0 Å². The lowest BCUT2D eigenvalue weighted by molar-refractivity contribution is -0.183. The standard InChI is InChI=1S/C20H15Cl2F6N3O/c1-10-4-11(2-3-13(10)17(32)30-9-19(23,24)25)14-7-18(8-29-14,20(26,27)28)12-5-15(21)31-16(22)6-12/h2-6H,7-9H2,1H3,(H,30,32). The van der Waals surface area contributed by atoms with Gasteiger partial charge in [0.25, 0.3) is 5.91 Å². The number of aryl methyl sites for hydroxylation is 1. The quantitative estimate of drug-likeness (QED) is 0.436. The van der Waals surface area contributed by atoms with Crippen LogP contribution in [-0.2, 0) is 5.41 Å². The number of hydrogen-bond acceptors (Lipinski definition) is 3. The minimum Gasteiger partial charge on any atom is -0.343 e. The highest BCUT2D eigenvalue weighted by molar-refractivity contribution is 6.32. The number of nitrogens with one attached hydrogen (secondary N) is 1. The van der Waals surface area contributed by atoms with Gasteiger partial charge < -0.3 is 5.32 Å². The van der Waals surface area contributed by atoms with Crippen LogP contribution >= 0.6 is 23.2 Å². The Balaban J connectivity index is 1.88. The summed E-state index contributed by atoms with van der Waals surface area (Å²) in [7, 11) is 0. The number of rotatable bonds is 4. The normalized spacial score (nSPS) is 19.1. The van der Waals surface area contributed by atoms with Crippen LogP contribution in [0.25, 0.3) is 0 Å². The molecule has 1 amide bonds. The Kier molecular flexibility index (Phi) is 6.50. The maximum absolute atomic E-state index is 14.2. The summed E-state index contributed by atoms with van der Waals surface area (Å²) >= 11 is 11.6. The van der Waals surface area contributed by atoms with Crippen molar-refractivity contribution in [3.8, 4) is 0 Å². The second kappa shape index (κ2) is 8.55. The molecular weight excluding hydrogens is 483 g/mol. The van der Waals surface area contributed by atoms with Crippen LogP contribution in [0.5, 0.6) is 0 Å². The van der Waals surface area contributed by atoms with Gasteiger partial charge in [-0.25, -0.2) is 4.98 Å². The van der Waals surface area contributed by atoms with Gasteiger partial charge in [0, 0.05) is 17.7 Å². The molecule has 0 saturated carbocycles. The van der Waals surface area contributed by atoms with Crippen LogP contribution in [0.15, 0.2) is 35.3 Å². The van der Waals surface area contributed by atoms with E-state index in [4.69, 9.17) is 23.2 Å². The van der Waals surface area contributed by atoms with Gasteiger partial charge in [0.05, 0.1) is 6.54 Å². The molecule has 12 heteroatoms. The van der Waals surface area contributed by atoms with Gasteiger partial charge in [-0.05, 0) is 47.9 Å². The third kappa shape index (κ3) is 5.01. The zero-order valence-electron chi connectivity index (χ0n) is 16.3. The maximum Gasteiger partial charge on any atom is 0.405 e. The smallest absolute Gasteiger partial charge is 0.343 e. The van der Waals surface area contributed by atoms with E-state index < -0.39 is 43.2 Å². The molecule has 2 aromatic rings. The largest absolute Gasteiger partial charge is 0.405 e. The lowest BCUT2D eigenvalue weighted by Gasteiger charge is -2.31. The van der Waals surface area contributed by atoms with E-state index in [-0.39, 0.29) is 27.1 Å². The van der Waals surface area contributed by atoms with Crippen molar-refractivity contribution in [2.45, 2.75) is 31.1 Å². The van der Waals surface area contributed by atoms with Crippen molar-refractivity contribution < 1.29 is 31.1 Å². The van der Waals surface area contributed by atoms with E-state index in [1.54, 1.807) is 5.32 Å². The first-order valence-electron chi connectivity index (χ1n) is 9.11. The molecular formula is C20H15Cl2F6N3O. The van der Waals surface area contributed by atoms with Gasteiger partial charge in [-0.3, -0.25) is 9.79 Å². The zero-order valence-corrected chi connectivity index (χ0v) is 17.8. The molecule has 1 aromatic carbocycles. The number of hydrogen-bond donors (Lipinski definition) is 1. The molecule has 1 aliphatic heterocycles. The number of aliphatic imine (C=N–C) groups is 1. The Bertz CT molecular complexity index is 1060. The first kappa shape index (κ1) is 24.3. The summed E-state index contributed by atoms with van der Waals surface area (Å²) in [5.74, 6) is -0.939. The van der Waals surface area contributed by atoms with Crippen molar-refractivity contribution in [3.05, 3.63) is 62.9 Å². The third-order valence-corrected chi connectivity index (χ3v) is 5.51. The van der Waals surface area contributed by atoms with Crippen LogP contribution in [0.4, 0.5) is 26.3 Å². The number of pyridine rings is 1. The molecule has 0 fully saturated rings. The Labute approximate surface area is 188 Å². The van der Waals surface area contributed by atoms with Gasteiger partial charge in [0.1, 0.15) is 22.3 Å². The minimum atomic E-state index is -4.68. The summed E-state index contributed by atoms with van der Waals surface area (Å²) in [5.41, 5.74) is -1.80. The van der Waals surface area contributed by atoms with Gasteiger partial charge in [-0.2, -0.15) is 26.3 Å². The van der Waals surface area contributed by atoms with E-state index in [9.17, 15) is 31.1 Å². The van der Waals surface area contributed by atoms with Gasteiger partial charge in [0.15, 0.2) is 0 Å². The summed E-state index contributed by atoms with van der Waals surface area (Å²) in [6, 6.07) is 6.22. The summed E-state index contributed by atoms with van der Waals surface area (Å²) in [6.45, 7) is -0.624. The fourth-order valence-electron chi connectivity index (χ4n) is 3.48. The molecule has 1 aliphatic rings. The van der Waals surface area contributed by atoms with Crippen LogP contribution in [0.2, 0.25) is 10.3 Å². The highest BCUT2D eigenvalue weighted by Gasteiger charge is 2.58. The SMILES string of the molecule is Cc1cc(C2=NCC(c3cc(Cl)nc(Cl)c3)(C(F)(F)F)C2)ccc1C(=O)NCC(F)(F)F. The molecule has 172 valence electrons. The first-order valence-corrected chi connectivity index (χ1v) is 9.87. The summed E-state index contributed by atoms with van der Waals surface area (Å²) < 4.78 is 79.4. The first-order chi connectivity index (χ1) is 14.7. The fourth-order valence-corrected chi connectivity index (χ4v) is 3.94. The molecule has 0 spiro atoms. The molecule has 0 saturated heterocycles. The van der Waals surface area contributed by atoms with E-state index in [0.717, 1.165) is 12.1 Å². The fraction of sp³-hybridized carbons (Fsp3) is 0.350. The van der Waals surface area contributed by atoms with Crippen molar-refractivity contribution in [2.75, 3.05) is 13.1 Å². The van der Waals surface area contributed by atoms with Crippen LogP contribution in [0.1, 0.15) is 33.5 Å². The Morgan fingerprint density at radius 1 is 1.09 bits per heavy atom. The van der Waals surface area contributed by atoms with Crippen LogP contribution in [0.3, 0.4) is 0 Å². The van der Waals surface area contributed by atoms with E-state index in [1.807, 2.05) is 0 Å². The van der Waals surface area contributed by atoms with Gasteiger partial charge in [0.2, 0.25) is 0 Å². The number of aromatic nitrogens is 1. The number of benzene rings is 1. The molecule has 32 heavy (non-hydrogen) atoms. The molecule has 1 atom stereocenters. The van der Waals surface area contributed by atoms with Crippen LogP contribution in [0, 0.1) is 6.92 Å². The van der Waals surface area contributed by atoms with Gasteiger partial charge >= 0.3 is 12.4 Å². The molecule has 2 heterocycles. The molecule has 0 radical (unpaired) electrons. The van der Waals surface area contributed by atoms with E-state index in [2.05, 4.69) is 9.98 Å². The monoisotopic (exact) mass is 497 g/mol. The molecule has 1 aromatic heterocycles. The summed E-state index contributed by atoms with van der Waals surface area (Å²) in [5, 5.41) is 1.39. The zero-order chi connectivity index (χ0) is 23.9. The van der Waals surface area contributed by atoms with Crippen molar-refractivity contribution in [1.29, 1.82) is 0 Å². The molecule has 4 nitrogen and oxygen atoms in total. The number of nitrogens with zero attached hydrogens (tertiary/aromatic N) is 2. The predicted octanol–water partition coefficient (Wildman–Crippen LogP) is 5.68. The van der Waals surface area contributed by atoms with Crippen molar-refractivity contribution in [2.24, 2.45) is 4.99 Å². The summed E-state index contributed by atoms with van der Waals surface area (Å²) in [6.07, 6.45) is -9.76. The lowest BCUT2D eigenvalue weighted by Crippen LogP contribution is -2.43. The average molecular weight is 498 g/mol. The molecule has 3 rings (SSSR count). The van der Waals surface area contributed by atoms with Crippen molar-refractivity contribution in [1.82, 2.24) is 10.3 Å². The number of halogens is 8. The predicted molar refractivity (Wildman–Crippen MR) is 108 cm³/mol. The third-order valence-electron chi connectivity index (χ3n) is 5.12. The van der Waals surface area contributed by atoms with Gasteiger partial charge in [-0.1, -0.05) is 29.3 Å². The van der Waals surface area contributed by atoms with Gasteiger partial charge in [-0.15, -0.1) is 0 Å². The highest BCUT2D eigenvalue weighted by Crippen LogP contribution is 2.48. The van der Waals surface area contributed by atoms with Crippen LogP contribution < -0.4 is 5.32 Å². The highest BCUT2D eigenvalue weighted by atomic mass is 35.5. The molecule has 1 N–H and O–H groups in total. The number of amides is 1. The topological polar surface area (TPSA) is 54.4 Å². The molecule has 1 unspecified atom stereocenters. The second-order valence-electron chi connectivity index (χ2n) is 7.35. The number of carbonyl (C=O) groups is 1. The van der Waals surface area contributed by atoms with E-state index in [0.29, 0.717) is 11.1 Å². The Hall–Kier alpha value is -2.33. The van der Waals surface area contributed by atoms with E-state index in [1.165, 1.54) is 25.1 Å². The number of alkyl halides is 6. The van der Waals surface area contributed by atoms with Crippen LogP contribution in [-0.4, -0.2) is 42.0 Å². The minimum absolute atomic E-state index is 0.0219. The molecule has 0 bridgehead atoms. The Morgan fingerprint density at radius 2 is 1.72 bits per heavy atom.